The summed E-state index contributed by atoms with van der Waals surface area (Å²) < 4.78 is 10.5. The van der Waals surface area contributed by atoms with Gasteiger partial charge in [-0.1, -0.05) is 62.4 Å². The maximum atomic E-state index is 13.9. The fraction of sp³-hybridized carbons (Fsp3) is 0.419. The first kappa shape index (κ1) is 37.6. The van der Waals surface area contributed by atoms with Crippen LogP contribution in [0.25, 0.3) is 44.4 Å². The van der Waals surface area contributed by atoms with Gasteiger partial charge in [0.2, 0.25) is 5.91 Å². The molecule has 3 aromatic carbocycles. The number of nitrogens with one attached hydrogen (secondary N) is 3. The molecule has 3 amide bonds. The van der Waals surface area contributed by atoms with Crippen molar-refractivity contribution in [1.82, 2.24) is 35.1 Å². The standard InChI is InChI=1S/C43H49N7O5S/c1-25(2)35(48-40(52)54-6)38(51)50-34(22-43(50)16-7-17-43)36-44-24-33(46-36)31-15-14-29-20-28(12-13-30(29)21-31)26-8-10-27(11-9-26)32-23-45-37(47-32)39-49(18-19-56-39)41(53)55-42(3,4)5/h8-15,20-21,23-25,34-35,39H,7,16-19,22H2,1-6H3,(H,44,46)(H,45,47)(H,48,52). The van der Waals surface area contributed by atoms with Crippen LogP contribution in [0.5, 0.6) is 0 Å². The van der Waals surface area contributed by atoms with Gasteiger partial charge in [-0.3, -0.25) is 9.69 Å². The monoisotopic (exact) mass is 775 g/mol. The lowest BCUT2D eigenvalue weighted by atomic mass is 9.63. The second-order valence-corrected chi connectivity index (χ2v) is 17.7. The minimum absolute atomic E-state index is 0.0856. The van der Waals surface area contributed by atoms with Crippen molar-refractivity contribution >= 4 is 40.6 Å². The van der Waals surface area contributed by atoms with Crippen molar-refractivity contribution in [1.29, 1.82) is 0 Å². The minimum atomic E-state index is -0.675. The van der Waals surface area contributed by atoms with Crippen LogP contribution in [-0.2, 0) is 14.3 Å². The first-order valence-electron chi connectivity index (χ1n) is 19.4. The van der Waals surface area contributed by atoms with Crippen molar-refractivity contribution in [3.05, 3.63) is 84.7 Å². The van der Waals surface area contributed by atoms with E-state index in [1.807, 2.05) is 51.9 Å². The molecule has 12 nitrogen and oxygen atoms in total. The van der Waals surface area contributed by atoms with Gasteiger partial charge in [0.25, 0.3) is 0 Å². The molecule has 292 valence electrons. The summed E-state index contributed by atoms with van der Waals surface area (Å²) >= 11 is 1.68. The molecule has 4 heterocycles. The number of alkyl carbamates (subject to hydrolysis) is 1. The summed E-state index contributed by atoms with van der Waals surface area (Å²) in [5.41, 5.74) is 5.31. The number of carbonyl (C=O) groups excluding carboxylic acids is 3. The number of ether oxygens (including phenoxy) is 2. The summed E-state index contributed by atoms with van der Waals surface area (Å²) in [5.74, 6) is 2.15. The van der Waals surface area contributed by atoms with E-state index in [0.29, 0.717) is 6.54 Å². The number of carbonyl (C=O) groups is 3. The third-order valence-electron chi connectivity index (χ3n) is 11.2. The zero-order valence-electron chi connectivity index (χ0n) is 32.7. The van der Waals surface area contributed by atoms with Crippen LogP contribution in [0.4, 0.5) is 9.59 Å². The van der Waals surface area contributed by atoms with Gasteiger partial charge in [0, 0.05) is 23.4 Å². The summed E-state index contributed by atoms with van der Waals surface area (Å²) in [6.45, 7) is 10.1. The second kappa shape index (κ2) is 14.6. The van der Waals surface area contributed by atoms with E-state index in [4.69, 9.17) is 14.5 Å². The van der Waals surface area contributed by atoms with Gasteiger partial charge >= 0.3 is 12.2 Å². The molecule has 3 aliphatic rings. The van der Waals surface area contributed by atoms with Crippen molar-refractivity contribution in [2.24, 2.45) is 5.92 Å². The van der Waals surface area contributed by atoms with Crippen LogP contribution in [0.2, 0.25) is 0 Å². The Labute approximate surface area is 331 Å². The number of methoxy groups -OCH3 is 1. The number of likely N-dealkylation sites (tertiary alicyclic amines) is 1. The Morgan fingerprint density at radius 2 is 1.48 bits per heavy atom. The van der Waals surface area contributed by atoms with Crippen LogP contribution >= 0.6 is 11.8 Å². The predicted octanol–water partition coefficient (Wildman–Crippen LogP) is 8.85. The fourth-order valence-corrected chi connectivity index (χ4v) is 9.33. The molecule has 0 bridgehead atoms. The number of H-pyrrole nitrogens is 2. The third kappa shape index (κ3) is 7.13. The molecule has 3 atom stereocenters. The normalized spacial score (nSPS) is 19.5. The van der Waals surface area contributed by atoms with E-state index in [0.717, 1.165) is 87.5 Å². The number of fused-ring (bicyclic) bond motifs is 1. The molecule has 2 aliphatic heterocycles. The highest BCUT2D eigenvalue weighted by Gasteiger charge is 2.59. The van der Waals surface area contributed by atoms with Gasteiger partial charge in [0.1, 0.15) is 28.7 Å². The Morgan fingerprint density at radius 3 is 2.12 bits per heavy atom. The number of rotatable bonds is 8. The van der Waals surface area contributed by atoms with Crippen LogP contribution in [0.3, 0.4) is 0 Å². The smallest absolute Gasteiger partial charge is 0.411 e. The lowest BCUT2D eigenvalue weighted by Gasteiger charge is -2.63. The average molecular weight is 776 g/mol. The maximum Gasteiger partial charge on any atom is 0.411 e. The molecule has 1 spiro atoms. The minimum Gasteiger partial charge on any atom is -0.453 e. The summed E-state index contributed by atoms with van der Waals surface area (Å²) in [4.78, 5) is 59.0. The number of thioether (sulfide) groups is 1. The van der Waals surface area contributed by atoms with E-state index < -0.39 is 17.7 Å². The second-order valence-electron chi connectivity index (χ2n) is 16.5. The molecule has 13 heteroatoms. The quantitative estimate of drug-likeness (QED) is 0.142. The van der Waals surface area contributed by atoms with E-state index in [9.17, 15) is 14.4 Å². The Kier molecular flexibility index (Phi) is 9.84. The molecule has 8 rings (SSSR count). The molecule has 3 N–H and O–H groups in total. The van der Waals surface area contributed by atoms with Gasteiger partial charge < -0.3 is 29.7 Å². The van der Waals surface area contributed by atoms with Gasteiger partial charge in [-0.2, -0.15) is 0 Å². The first-order chi connectivity index (χ1) is 26.8. The number of hydrogen-bond donors (Lipinski definition) is 3. The van der Waals surface area contributed by atoms with Crippen LogP contribution in [-0.4, -0.2) is 84.4 Å². The van der Waals surface area contributed by atoms with Crippen molar-refractivity contribution < 1.29 is 23.9 Å². The molecule has 2 aromatic heterocycles. The molecule has 3 unspecified atom stereocenters. The Balaban J connectivity index is 0.957. The first-order valence-corrected chi connectivity index (χ1v) is 20.4. The van der Waals surface area contributed by atoms with Crippen molar-refractivity contribution in [2.75, 3.05) is 19.4 Å². The Hall–Kier alpha value is -5.30. The highest BCUT2D eigenvalue weighted by molar-refractivity contribution is 7.99. The van der Waals surface area contributed by atoms with E-state index in [-0.39, 0.29) is 34.9 Å². The highest BCUT2D eigenvalue weighted by Crippen LogP contribution is 2.56. The zero-order valence-corrected chi connectivity index (χ0v) is 33.5. The number of hydrogen-bond acceptors (Lipinski definition) is 8. The van der Waals surface area contributed by atoms with Gasteiger partial charge in [0.15, 0.2) is 0 Å². The number of imidazole rings is 2. The summed E-state index contributed by atoms with van der Waals surface area (Å²) in [7, 11) is 1.31. The molecular formula is C43H49N7O5S. The average Bonchev–Trinajstić information content (AvgIpc) is 3.93. The van der Waals surface area contributed by atoms with Crippen LogP contribution < -0.4 is 5.32 Å². The number of amides is 3. The van der Waals surface area contributed by atoms with E-state index >= 15 is 0 Å². The number of aromatic nitrogens is 4. The van der Waals surface area contributed by atoms with Crippen LogP contribution in [0, 0.1) is 5.92 Å². The molecule has 0 radical (unpaired) electrons. The highest BCUT2D eigenvalue weighted by atomic mass is 32.2. The third-order valence-corrected chi connectivity index (χ3v) is 12.5. The largest absolute Gasteiger partial charge is 0.453 e. The number of nitrogens with zero attached hydrogens (tertiary/aromatic N) is 4. The maximum absolute atomic E-state index is 13.9. The molecule has 1 aliphatic carbocycles. The van der Waals surface area contributed by atoms with Crippen molar-refractivity contribution in [2.45, 2.75) is 88.9 Å². The predicted molar refractivity (Wildman–Crippen MR) is 218 cm³/mol. The van der Waals surface area contributed by atoms with Crippen molar-refractivity contribution in [3.8, 4) is 33.6 Å². The number of benzene rings is 3. The molecule has 2 saturated heterocycles. The molecule has 5 aromatic rings. The lowest BCUT2D eigenvalue weighted by molar-refractivity contribution is -0.175. The van der Waals surface area contributed by atoms with E-state index in [2.05, 4.69) is 80.9 Å². The van der Waals surface area contributed by atoms with Gasteiger partial charge in [-0.05, 0) is 92.0 Å². The van der Waals surface area contributed by atoms with Gasteiger partial charge in [0.05, 0.1) is 36.9 Å². The topological polar surface area (TPSA) is 146 Å². The van der Waals surface area contributed by atoms with Crippen LogP contribution in [0.1, 0.15) is 83.4 Å². The van der Waals surface area contributed by atoms with Gasteiger partial charge in [-0.15, -0.1) is 11.8 Å². The Morgan fingerprint density at radius 1 is 0.875 bits per heavy atom. The molecular weight excluding hydrogens is 727 g/mol. The summed E-state index contributed by atoms with van der Waals surface area (Å²) in [6.07, 6.45) is 6.62. The zero-order chi connectivity index (χ0) is 39.4. The fourth-order valence-electron chi connectivity index (χ4n) is 8.15. The van der Waals surface area contributed by atoms with E-state index in [1.165, 1.54) is 7.11 Å². The van der Waals surface area contributed by atoms with E-state index in [1.54, 1.807) is 16.7 Å². The summed E-state index contributed by atoms with van der Waals surface area (Å²) in [6, 6.07) is 20.4. The summed E-state index contributed by atoms with van der Waals surface area (Å²) in [5, 5.41) is 4.78. The number of aromatic amines is 2. The Bertz CT molecular complexity index is 2270. The van der Waals surface area contributed by atoms with Crippen LogP contribution in [0.15, 0.2) is 73.1 Å². The lowest BCUT2D eigenvalue weighted by Crippen LogP contribution is -2.70. The molecule has 3 fully saturated rings. The molecule has 1 saturated carbocycles. The SMILES string of the molecule is COC(=O)NC(C(=O)N1C(c2ncc(-c3ccc4cc(-c5ccc(-c6cnc(C7SCCN7C(=O)OC(C)(C)C)[nH]6)cc5)ccc4c3)[nH]2)CC12CCC2)C(C)C. The molecule has 56 heavy (non-hydrogen) atoms. The van der Waals surface area contributed by atoms with Gasteiger partial charge in [-0.25, -0.2) is 19.6 Å². The van der Waals surface area contributed by atoms with Crippen molar-refractivity contribution in [3.63, 3.8) is 0 Å².